The molecule has 7 heteroatoms. The molecule has 0 fully saturated rings. The van der Waals surface area contributed by atoms with Gasteiger partial charge in [-0.05, 0) is 45.3 Å². The van der Waals surface area contributed by atoms with Crippen molar-refractivity contribution in [3.05, 3.63) is 203 Å². The summed E-state index contributed by atoms with van der Waals surface area (Å²) < 4.78 is 0. The summed E-state index contributed by atoms with van der Waals surface area (Å²) in [6, 6.07) is 60.2. The molecule has 0 spiro atoms. The summed E-state index contributed by atoms with van der Waals surface area (Å²) in [5.41, 5.74) is 11.2. The Labute approximate surface area is 322 Å². The standard InChI is InChI=1S/C48H31N6S/c1-4-12-31(13-5-1)33-21-25-36(26-22-33)44-50-41(43-42(51-44)40-20-11-29-49-48(40)55-43)34-23-27-37(28-24-34)46-52-45(35-16-8-3-9-17-35)53-47(54-46)39-19-10-18-38(30-39)32-14-6-2-7-15-32/h1-30,44H/q-1. The van der Waals surface area contributed by atoms with Gasteiger partial charge >= 0.3 is 0 Å². The number of pyridine rings is 1. The predicted molar refractivity (Wildman–Crippen MR) is 224 cm³/mol. The van der Waals surface area contributed by atoms with Crippen LogP contribution in [-0.2, 0) is 0 Å². The number of nitrogens with zero attached hydrogens (tertiary/aromatic N) is 6. The van der Waals surface area contributed by atoms with Crippen molar-refractivity contribution < 1.29 is 0 Å². The maximum absolute atomic E-state index is 5.30. The zero-order valence-electron chi connectivity index (χ0n) is 29.5. The monoisotopic (exact) mass is 723 g/mol. The van der Waals surface area contributed by atoms with E-state index in [0.29, 0.717) is 17.5 Å². The van der Waals surface area contributed by atoms with Crippen molar-refractivity contribution >= 4 is 33.0 Å². The van der Waals surface area contributed by atoms with Crippen LogP contribution in [0.4, 0.5) is 5.69 Å². The first-order chi connectivity index (χ1) is 27.2. The van der Waals surface area contributed by atoms with E-state index in [2.05, 4.69) is 132 Å². The first-order valence-electron chi connectivity index (χ1n) is 18.1. The molecule has 0 bridgehead atoms. The lowest BCUT2D eigenvalue weighted by atomic mass is 10.00. The molecule has 0 saturated heterocycles. The van der Waals surface area contributed by atoms with E-state index in [4.69, 9.17) is 25.3 Å². The molecule has 55 heavy (non-hydrogen) atoms. The highest BCUT2D eigenvalue weighted by Crippen LogP contribution is 2.49. The fourth-order valence-electron chi connectivity index (χ4n) is 6.97. The molecular weight excluding hydrogens is 693 g/mol. The van der Waals surface area contributed by atoms with Crippen LogP contribution in [0.1, 0.15) is 22.2 Å². The quantitative estimate of drug-likeness (QED) is 0.164. The maximum atomic E-state index is 5.30. The fraction of sp³-hybridized carbons (Fsp3) is 0.0208. The summed E-state index contributed by atoms with van der Waals surface area (Å²) in [6.07, 6.45) is 1.44. The third-order valence-corrected chi connectivity index (χ3v) is 10.9. The second kappa shape index (κ2) is 14.0. The average molecular weight is 724 g/mol. The van der Waals surface area contributed by atoms with E-state index in [-0.39, 0.29) is 0 Å². The number of fused-ring (bicyclic) bond motifs is 3. The van der Waals surface area contributed by atoms with Gasteiger partial charge in [-0.3, -0.25) is 4.99 Å². The summed E-state index contributed by atoms with van der Waals surface area (Å²) >= 11 is 1.63. The first kappa shape index (κ1) is 32.6. The van der Waals surface area contributed by atoms with Crippen molar-refractivity contribution in [3.8, 4) is 56.4 Å². The lowest BCUT2D eigenvalue weighted by Gasteiger charge is -2.36. The molecular formula is C48H31N6S-. The lowest BCUT2D eigenvalue weighted by Crippen LogP contribution is -2.10. The summed E-state index contributed by atoms with van der Waals surface area (Å²) in [7, 11) is 0. The Morgan fingerprint density at radius 1 is 0.436 bits per heavy atom. The van der Waals surface area contributed by atoms with Gasteiger partial charge in [-0.25, -0.2) is 19.9 Å². The third kappa shape index (κ3) is 6.37. The minimum absolute atomic E-state index is 0.392. The Morgan fingerprint density at radius 2 is 0.945 bits per heavy atom. The Hall–Kier alpha value is -7.09. The van der Waals surface area contributed by atoms with Crippen LogP contribution in [0, 0.1) is 0 Å². The van der Waals surface area contributed by atoms with Gasteiger partial charge in [0, 0.05) is 39.5 Å². The topological polar surface area (TPSA) is 78.0 Å². The van der Waals surface area contributed by atoms with E-state index < -0.39 is 6.17 Å². The largest absolute Gasteiger partial charge is 0.658 e. The molecule has 4 heterocycles. The van der Waals surface area contributed by atoms with Crippen LogP contribution in [0.2, 0.25) is 0 Å². The van der Waals surface area contributed by atoms with Gasteiger partial charge < -0.3 is 5.32 Å². The molecule has 9 aromatic rings. The summed E-state index contributed by atoms with van der Waals surface area (Å²) in [6.45, 7) is 0. The SMILES string of the molecule is c1ccc(-c2ccc(C3N=C(c4ccc(-c5nc(-c6ccccc6)nc(-c6cccc(-c7ccccc7)c6)n5)cc4)c4sc5ncccc5c4[N-]3)cc2)cc1. The Bertz CT molecular complexity index is 2820. The zero-order chi connectivity index (χ0) is 36.6. The normalized spacial score (nSPS) is 13.5. The molecule has 0 aliphatic carbocycles. The van der Waals surface area contributed by atoms with Gasteiger partial charge in [-0.2, -0.15) is 0 Å². The summed E-state index contributed by atoms with van der Waals surface area (Å²) in [4.78, 5) is 27.0. The van der Waals surface area contributed by atoms with Gasteiger partial charge in [0.15, 0.2) is 17.5 Å². The minimum atomic E-state index is -0.392. The molecule has 1 unspecified atom stereocenters. The number of benzene rings is 6. The van der Waals surface area contributed by atoms with Gasteiger partial charge in [0.25, 0.3) is 0 Å². The van der Waals surface area contributed by atoms with Crippen LogP contribution in [-0.4, -0.2) is 25.6 Å². The van der Waals surface area contributed by atoms with Gasteiger partial charge in [0.2, 0.25) is 0 Å². The fourth-order valence-corrected chi connectivity index (χ4v) is 8.08. The molecule has 1 aliphatic heterocycles. The van der Waals surface area contributed by atoms with Crippen molar-refractivity contribution in [1.82, 2.24) is 19.9 Å². The van der Waals surface area contributed by atoms with Crippen LogP contribution in [0.3, 0.4) is 0 Å². The highest BCUT2D eigenvalue weighted by Gasteiger charge is 2.21. The summed E-state index contributed by atoms with van der Waals surface area (Å²) in [5.74, 6) is 1.84. The van der Waals surface area contributed by atoms with E-state index in [1.165, 1.54) is 5.56 Å². The number of hydrogen-bond acceptors (Lipinski definition) is 6. The molecule has 6 aromatic carbocycles. The molecule has 260 valence electrons. The number of thiophene rings is 1. The number of rotatable bonds is 7. The van der Waals surface area contributed by atoms with Crippen LogP contribution in [0.15, 0.2) is 187 Å². The number of hydrogen-bond donors (Lipinski definition) is 0. The van der Waals surface area contributed by atoms with E-state index in [1.54, 1.807) is 11.3 Å². The molecule has 1 atom stereocenters. The second-order valence-corrected chi connectivity index (χ2v) is 14.3. The molecule has 0 amide bonds. The smallest absolute Gasteiger partial charge is 0.164 e. The van der Waals surface area contributed by atoms with Crippen molar-refractivity contribution in [2.24, 2.45) is 4.99 Å². The number of aliphatic imine (C=N–C) groups is 1. The van der Waals surface area contributed by atoms with Crippen LogP contribution >= 0.6 is 11.3 Å². The van der Waals surface area contributed by atoms with Gasteiger partial charge in [-0.1, -0.05) is 164 Å². The van der Waals surface area contributed by atoms with E-state index >= 15 is 0 Å². The second-order valence-electron chi connectivity index (χ2n) is 13.3. The van der Waals surface area contributed by atoms with Crippen molar-refractivity contribution in [1.29, 1.82) is 0 Å². The molecule has 0 N–H and O–H groups in total. The van der Waals surface area contributed by atoms with Crippen molar-refractivity contribution in [2.75, 3.05) is 0 Å². The molecule has 1 aliphatic rings. The van der Waals surface area contributed by atoms with Crippen LogP contribution < -0.4 is 0 Å². The highest BCUT2D eigenvalue weighted by molar-refractivity contribution is 7.21. The van der Waals surface area contributed by atoms with Crippen molar-refractivity contribution in [2.45, 2.75) is 6.17 Å². The molecule has 10 rings (SSSR count). The zero-order valence-corrected chi connectivity index (χ0v) is 30.3. The van der Waals surface area contributed by atoms with E-state index in [9.17, 15) is 0 Å². The number of aromatic nitrogens is 4. The Balaban J connectivity index is 1.04. The van der Waals surface area contributed by atoms with Crippen LogP contribution in [0.25, 0.3) is 72.0 Å². The molecule has 0 saturated carbocycles. The van der Waals surface area contributed by atoms with Gasteiger partial charge in [0.1, 0.15) is 4.83 Å². The minimum Gasteiger partial charge on any atom is -0.658 e. The first-order valence-corrected chi connectivity index (χ1v) is 19.0. The molecule has 3 aromatic heterocycles. The lowest BCUT2D eigenvalue weighted by molar-refractivity contribution is 0.877. The Morgan fingerprint density at radius 3 is 1.62 bits per heavy atom. The highest BCUT2D eigenvalue weighted by atomic mass is 32.1. The summed E-state index contributed by atoms with van der Waals surface area (Å²) in [5, 5.41) is 6.25. The van der Waals surface area contributed by atoms with E-state index in [1.807, 2.05) is 54.7 Å². The third-order valence-electron chi connectivity index (χ3n) is 9.79. The van der Waals surface area contributed by atoms with Crippen LogP contribution in [0.5, 0.6) is 0 Å². The van der Waals surface area contributed by atoms with Gasteiger partial charge in [-0.15, -0.1) is 17.0 Å². The van der Waals surface area contributed by atoms with Gasteiger partial charge in [0.05, 0.1) is 5.71 Å². The van der Waals surface area contributed by atoms with E-state index in [0.717, 1.165) is 71.0 Å². The molecule has 6 nitrogen and oxygen atoms in total. The molecule has 0 radical (unpaired) electrons. The Kier molecular flexibility index (Phi) is 8.31. The average Bonchev–Trinajstić information content (AvgIpc) is 3.66. The van der Waals surface area contributed by atoms with Crippen molar-refractivity contribution in [3.63, 3.8) is 0 Å². The maximum Gasteiger partial charge on any atom is 0.164 e. The predicted octanol–water partition coefficient (Wildman–Crippen LogP) is 12.4.